The summed E-state index contributed by atoms with van der Waals surface area (Å²) in [5.74, 6) is -0.445. The second-order valence-electron chi connectivity index (χ2n) is 7.06. The molecule has 0 aromatic heterocycles. The largest absolute Gasteiger partial charge is 0.497 e. The summed E-state index contributed by atoms with van der Waals surface area (Å²) in [6.07, 6.45) is 0. The third-order valence-corrected chi connectivity index (χ3v) is 6.97. The van der Waals surface area contributed by atoms with Gasteiger partial charge in [0, 0.05) is 19.2 Å². The highest BCUT2D eigenvalue weighted by Gasteiger charge is 2.28. The smallest absolute Gasteiger partial charge is 0.338 e. The van der Waals surface area contributed by atoms with E-state index in [1.54, 1.807) is 19.1 Å². The van der Waals surface area contributed by atoms with Gasteiger partial charge in [-0.3, -0.25) is 4.79 Å². The van der Waals surface area contributed by atoms with Crippen LogP contribution in [0.3, 0.4) is 0 Å². The van der Waals surface area contributed by atoms with Crippen LogP contribution in [-0.4, -0.2) is 71.6 Å². The molecule has 32 heavy (non-hydrogen) atoms. The van der Waals surface area contributed by atoms with Gasteiger partial charge in [0.2, 0.25) is 15.8 Å². The summed E-state index contributed by atoms with van der Waals surface area (Å²) in [6, 6.07) is 8.94. The number of ketones is 1. The summed E-state index contributed by atoms with van der Waals surface area (Å²) in [4.78, 5) is 25.2. The molecule has 0 spiro atoms. The van der Waals surface area contributed by atoms with Gasteiger partial charge in [-0.1, -0.05) is 6.07 Å². The molecule has 0 atom stereocenters. The highest BCUT2D eigenvalue weighted by atomic mass is 32.2. The number of rotatable bonds is 8. The summed E-state index contributed by atoms with van der Waals surface area (Å²) < 4.78 is 47.8. The van der Waals surface area contributed by atoms with E-state index < -0.39 is 28.4 Å². The Morgan fingerprint density at radius 3 is 2.38 bits per heavy atom. The Hall–Kier alpha value is -2.95. The van der Waals surface area contributed by atoms with Gasteiger partial charge in [-0.15, -0.1) is 0 Å². The number of sulfonamides is 1. The van der Waals surface area contributed by atoms with Crippen LogP contribution in [0.1, 0.15) is 26.3 Å². The van der Waals surface area contributed by atoms with Crippen molar-refractivity contribution >= 4 is 21.8 Å². The highest BCUT2D eigenvalue weighted by molar-refractivity contribution is 7.89. The molecule has 2 aromatic rings. The second-order valence-corrected chi connectivity index (χ2v) is 9.00. The fourth-order valence-corrected chi connectivity index (χ4v) is 4.67. The van der Waals surface area contributed by atoms with Gasteiger partial charge >= 0.3 is 5.97 Å². The first kappa shape index (κ1) is 23.7. The minimum atomic E-state index is -3.77. The highest BCUT2D eigenvalue weighted by Crippen LogP contribution is 2.25. The maximum atomic E-state index is 12.9. The molecule has 3 rings (SSSR count). The van der Waals surface area contributed by atoms with E-state index in [-0.39, 0.29) is 29.1 Å². The number of esters is 1. The van der Waals surface area contributed by atoms with E-state index in [1.807, 2.05) is 0 Å². The van der Waals surface area contributed by atoms with Gasteiger partial charge in [0.25, 0.3) is 0 Å². The molecule has 1 saturated heterocycles. The third kappa shape index (κ3) is 5.09. The lowest BCUT2D eigenvalue weighted by molar-refractivity contribution is 0.0473. The number of hydrogen-bond acceptors (Lipinski definition) is 8. The number of morpholine rings is 1. The number of methoxy groups -OCH3 is 2. The predicted molar refractivity (Wildman–Crippen MR) is 115 cm³/mol. The minimum Gasteiger partial charge on any atom is -0.497 e. The average molecular weight is 464 g/mol. The molecular formula is C22H25NO8S. The van der Waals surface area contributed by atoms with Crippen molar-refractivity contribution in [2.45, 2.75) is 11.8 Å². The van der Waals surface area contributed by atoms with Crippen LogP contribution >= 0.6 is 0 Å². The number of aryl methyl sites for hydroxylation is 1. The lowest BCUT2D eigenvalue weighted by atomic mass is 10.1. The maximum absolute atomic E-state index is 12.9. The zero-order chi connectivity index (χ0) is 23.3. The SMILES string of the molecule is COc1ccc(C(=O)COC(=O)c2cc(S(=O)(=O)N3CCOCC3)ccc2C)c(OC)c1. The number of Topliss-reactive ketones (excluding diaryl/α,β-unsaturated/α-hetero) is 1. The van der Waals surface area contributed by atoms with Crippen LogP contribution in [0.5, 0.6) is 11.5 Å². The van der Waals surface area contributed by atoms with Gasteiger partial charge in [-0.05, 0) is 36.8 Å². The number of carbonyl (C=O) groups is 2. The Morgan fingerprint density at radius 1 is 1.00 bits per heavy atom. The number of ether oxygens (including phenoxy) is 4. The first-order chi connectivity index (χ1) is 15.3. The summed E-state index contributed by atoms with van der Waals surface area (Å²) >= 11 is 0. The molecule has 0 saturated carbocycles. The lowest BCUT2D eigenvalue weighted by Crippen LogP contribution is -2.40. The lowest BCUT2D eigenvalue weighted by Gasteiger charge is -2.26. The monoisotopic (exact) mass is 463 g/mol. The molecule has 0 radical (unpaired) electrons. The molecule has 10 heteroatoms. The molecule has 1 aliphatic heterocycles. The van der Waals surface area contributed by atoms with E-state index in [1.165, 1.54) is 42.8 Å². The normalized spacial score (nSPS) is 14.6. The van der Waals surface area contributed by atoms with Crippen molar-refractivity contribution in [3.05, 3.63) is 53.1 Å². The first-order valence-corrected chi connectivity index (χ1v) is 11.3. The summed E-state index contributed by atoms with van der Waals surface area (Å²) in [5.41, 5.74) is 0.848. The number of benzene rings is 2. The first-order valence-electron chi connectivity index (χ1n) is 9.89. The Kier molecular flexibility index (Phi) is 7.49. The molecule has 0 unspecified atom stereocenters. The molecule has 0 amide bonds. The standard InChI is InChI=1S/C22H25NO8S/c1-15-4-6-17(32(26,27)23-8-10-30-11-9-23)13-19(15)22(25)31-14-20(24)18-7-5-16(28-2)12-21(18)29-3/h4-7,12-13H,8-11,14H2,1-3H3. The van der Waals surface area contributed by atoms with Gasteiger partial charge in [0.05, 0.1) is 43.5 Å². The Balaban J connectivity index is 1.75. The van der Waals surface area contributed by atoms with Gasteiger partial charge in [-0.25, -0.2) is 13.2 Å². The zero-order valence-corrected chi connectivity index (χ0v) is 18.9. The quantitative estimate of drug-likeness (QED) is 0.432. The number of hydrogen-bond donors (Lipinski definition) is 0. The van der Waals surface area contributed by atoms with Crippen molar-refractivity contribution in [1.29, 1.82) is 0 Å². The van der Waals surface area contributed by atoms with Crippen LogP contribution in [0.15, 0.2) is 41.3 Å². The van der Waals surface area contributed by atoms with Crippen molar-refractivity contribution in [3.63, 3.8) is 0 Å². The average Bonchev–Trinajstić information content (AvgIpc) is 2.82. The van der Waals surface area contributed by atoms with E-state index in [2.05, 4.69) is 0 Å². The van der Waals surface area contributed by atoms with E-state index in [0.717, 1.165) is 0 Å². The van der Waals surface area contributed by atoms with Crippen LogP contribution in [0.4, 0.5) is 0 Å². The fraction of sp³-hybridized carbons (Fsp3) is 0.364. The van der Waals surface area contributed by atoms with E-state index in [4.69, 9.17) is 18.9 Å². The van der Waals surface area contributed by atoms with Crippen LogP contribution in [0, 0.1) is 6.92 Å². The number of carbonyl (C=O) groups excluding carboxylic acids is 2. The molecule has 0 aliphatic carbocycles. The summed E-state index contributed by atoms with van der Waals surface area (Å²) in [6.45, 7) is 2.26. The van der Waals surface area contributed by atoms with Gasteiger partial charge in [-0.2, -0.15) is 4.31 Å². The zero-order valence-electron chi connectivity index (χ0n) is 18.1. The maximum Gasteiger partial charge on any atom is 0.338 e. The van der Waals surface area contributed by atoms with Gasteiger partial charge < -0.3 is 18.9 Å². The van der Waals surface area contributed by atoms with E-state index >= 15 is 0 Å². The van der Waals surface area contributed by atoms with Crippen LogP contribution in [0.2, 0.25) is 0 Å². The molecule has 9 nitrogen and oxygen atoms in total. The van der Waals surface area contributed by atoms with Crippen molar-refractivity contribution in [1.82, 2.24) is 4.31 Å². The Bertz CT molecular complexity index is 1110. The molecule has 172 valence electrons. The molecule has 2 aromatic carbocycles. The van der Waals surface area contributed by atoms with E-state index in [0.29, 0.717) is 30.3 Å². The topological polar surface area (TPSA) is 108 Å². The van der Waals surface area contributed by atoms with Gasteiger partial charge in [0.1, 0.15) is 11.5 Å². The minimum absolute atomic E-state index is 0.0138. The Labute approximate surface area is 186 Å². The molecule has 0 N–H and O–H groups in total. The predicted octanol–water partition coefficient (Wildman–Crippen LogP) is 2.07. The number of nitrogens with zero attached hydrogens (tertiary/aromatic N) is 1. The molecular weight excluding hydrogens is 438 g/mol. The van der Waals surface area contributed by atoms with E-state index in [9.17, 15) is 18.0 Å². The van der Waals surface area contributed by atoms with Crippen LogP contribution < -0.4 is 9.47 Å². The summed E-state index contributed by atoms with van der Waals surface area (Å²) in [5, 5.41) is 0. The fourth-order valence-electron chi connectivity index (χ4n) is 3.23. The van der Waals surface area contributed by atoms with Crippen LogP contribution in [0.25, 0.3) is 0 Å². The molecule has 1 heterocycles. The van der Waals surface area contributed by atoms with Crippen LogP contribution in [-0.2, 0) is 19.5 Å². The third-order valence-electron chi connectivity index (χ3n) is 5.08. The Morgan fingerprint density at radius 2 is 1.72 bits per heavy atom. The summed E-state index contributed by atoms with van der Waals surface area (Å²) in [7, 11) is -0.863. The molecule has 0 bridgehead atoms. The van der Waals surface area contributed by atoms with Crippen molar-refractivity contribution in [3.8, 4) is 11.5 Å². The second kappa shape index (κ2) is 10.1. The van der Waals surface area contributed by atoms with Crippen molar-refractivity contribution < 1.29 is 37.0 Å². The van der Waals surface area contributed by atoms with Crippen molar-refractivity contribution in [2.75, 3.05) is 47.1 Å². The van der Waals surface area contributed by atoms with Crippen molar-refractivity contribution in [2.24, 2.45) is 0 Å². The molecule has 1 fully saturated rings. The molecule has 1 aliphatic rings. The van der Waals surface area contributed by atoms with Gasteiger partial charge in [0.15, 0.2) is 6.61 Å².